The van der Waals surface area contributed by atoms with Gasteiger partial charge in [-0.1, -0.05) is 30.0 Å². The molecule has 4 nitrogen and oxygen atoms in total. The Morgan fingerprint density at radius 1 is 1.24 bits per heavy atom. The van der Waals surface area contributed by atoms with Crippen LogP contribution in [-0.4, -0.2) is 23.7 Å². The van der Waals surface area contributed by atoms with Crippen LogP contribution in [0.5, 0.6) is 5.75 Å². The third kappa shape index (κ3) is 4.25. The second kappa shape index (κ2) is 8.10. The summed E-state index contributed by atoms with van der Waals surface area (Å²) in [5.41, 5.74) is 2.47. The molecule has 21 heavy (non-hydrogen) atoms. The first-order valence-electron chi connectivity index (χ1n) is 7.39. The summed E-state index contributed by atoms with van der Waals surface area (Å²) in [4.78, 5) is 1.29. The molecule has 0 aliphatic heterocycles. The monoisotopic (exact) mass is 305 g/mol. The molecule has 0 aliphatic rings. The summed E-state index contributed by atoms with van der Waals surface area (Å²) in [5.74, 6) is 0.904. The highest BCUT2D eigenvalue weighted by atomic mass is 32.1. The topological polar surface area (TPSA) is 47.0 Å². The molecule has 1 aromatic carbocycles. The van der Waals surface area contributed by atoms with Crippen LogP contribution in [0.15, 0.2) is 24.3 Å². The maximum atomic E-state index is 5.19. The van der Waals surface area contributed by atoms with E-state index < -0.39 is 0 Å². The Morgan fingerprint density at radius 3 is 2.62 bits per heavy atom. The van der Waals surface area contributed by atoms with Gasteiger partial charge < -0.3 is 10.1 Å². The lowest BCUT2D eigenvalue weighted by molar-refractivity contribution is 0.414. The predicted molar refractivity (Wildman–Crippen MR) is 87.0 cm³/mol. The third-order valence-corrected chi connectivity index (χ3v) is 4.50. The second-order valence-electron chi connectivity index (χ2n) is 5.06. The van der Waals surface area contributed by atoms with Crippen LogP contribution in [0, 0.1) is 0 Å². The molecule has 0 spiro atoms. The Morgan fingerprint density at radius 2 is 2.00 bits per heavy atom. The SMILES string of the molecule is CCCc1nnsc1C(CCc1ccc(OC)cc1)NC. The van der Waals surface area contributed by atoms with Gasteiger partial charge in [-0.25, -0.2) is 0 Å². The van der Waals surface area contributed by atoms with Crippen LogP contribution in [0.3, 0.4) is 0 Å². The van der Waals surface area contributed by atoms with Gasteiger partial charge in [-0.05, 0) is 55.5 Å². The molecular weight excluding hydrogens is 282 g/mol. The number of nitrogens with one attached hydrogen (secondary N) is 1. The minimum absolute atomic E-state index is 0.327. The summed E-state index contributed by atoms with van der Waals surface area (Å²) >= 11 is 1.52. The van der Waals surface area contributed by atoms with Crippen molar-refractivity contribution >= 4 is 11.5 Å². The van der Waals surface area contributed by atoms with Gasteiger partial charge in [0.1, 0.15) is 5.75 Å². The van der Waals surface area contributed by atoms with Crippen LogP contribution in [0.25, 0.3) is 0 Å². The molecule has 1 heterocycles. The first kappa shape index (κ1) is 15.9. The number of aryl methyl sites for hydroxylation is 2. The average Bonchev–Trinajstić information content (AvgIpc) is 2.97. The van der Waals surface area contributed by atoms with Gasteiger partial charge >= 0.3 is 0 Å². The zero-order valence-electron chi connectivity index (χ0n) is 12.9. The van der Waals surface area contributed by atoms with Gasteiger partial charge in [0.15, 0.2) is 0 Å². The molecule has 0 amide bonds. The molecule has 0 saturated carbocycles. The van der Waals surface area contributed by atoms with E-state index in [0.717, 1.165) is 37.1 Å². The van der Waals surface area contributed by atoms with Gasteiger partial charge in [-0.2, -0.15) is 0 Å². The van der Waals surface area contributed by atoms with Crippen molar-refractivity contribution in [2.24, 2.45) is 0 Å². The van der Waals surface area contributed by atoms with E-state index in [2.05, 4.69) is 34.0 Å². The van der Waals surface area contributed by atoms with Crippen LogP contribution < -0.4 is 10.1 Å². The summed E-state index contributed by atoms with van der Waals surface area (Å²) in [6, 6.07) is 8.61. The number of hydrogen-bond donors (Lipinski definition) is 1. The lowest BCUT2D eigenvalue weighted by Gasteiger charge is -2.15. The van der Waals surface area contributed by atoms with E-state index in [1.54, 1.807) is 7.11 Å². The lowest BCUT2D eigenvalue weighted by Crippen LogP contribution is -2.17. The summed E-state index contributed by atoms with van der Waals surface area (Å²) in [6.07, 6.45) is 4.18. The summed E-state index contributed by atoms with van der Waals surface area (Å²) in [7, 11) is 3.70. The van der Waals surface area contributed by atoms with Crippen molar-refractivity contribution in [2.45, 2.75) is 38.6 Å². The minimum atomic E-state index is 0.327. The van der Waals surface area contributed by atoms with Crippen molar-refractivity contribution in [3.63, 3.8) is 0 Å². The number of rotatable bonds is 8. The molecule has 5 heteroatoms. The van der Waals surface area contributed by atoms with E-state index in [0.29, 0.717) is 6.04 Å². The van der Waals surface area contributed by atoms with E-state index in [-0.39, 0.29) is 0 Å². The van der Waals surface area contributed by atoms with Gasteiger partial charge in [0.25, 0.3) is 0 Å². The van der Waals surface area contributed by atoms with Gasteiger partial charge in [-0.15, -0.1) is 5.10 Å². The number of benzene rings is 1. The molecule has 1 atom stereocenters. The van der Waals surface area contributed by atoms with Crippen molar-refractivity contribution in [2.75, 3.05) is 14.2 Å². The third-order valence-electron chi connectivity index (χ3n) is 3.62. The maximum Gasteiger partial charge on any atom is 0.118 e. The molecule has 2 rings (SSSR count). The van der Waals surface area contributed by atoms with Crippen molar-refractivity contribution in [1.82, 2.24) is 14.9 Å². The van der Waals surface area contributed by atoms with Gasteiger partial charge in [0.05, 0.1) is 17.7 Å². The largest absolute Gasteiger partial charge is 0.497 e. The van der Waals surface area contributed by atoms with E-state index in [1.165, 1.54) is 22.0 Å². The Bertz CT molecular complexity index is 539. The van der Waals surface area contributed by atoms with Crippen molar-refractivity contribution in [3.05, 3.63) is 40.4 Å². The molecule has 1 N–H and O–H groups in total. The quantitative estimate of drug-likeness (QED) is 0.812. The summed E-state index contributed by atoms with van der Waals surface area (Å²) < 4.78 is 9.31. The van der Waals surface area contributed by atoms with Crippen LogP contribution in [0.1, 0.15) is 41.9 Å². The zero-order chi connectivity index (χ0) is 15.1. The minimum Gasteiger partial charge on any atom is -0.497 e. The summed E-state index contributed by atoms with van der Waals surface area (Å²) in [6.45, 7) is 2.18. The number of ether oxygens (including phenoxy) is 1. The molecule has 0 radical (unpaired) electrons. The molecule has 0 bridgehead atoms. The van der Waals surface area contributed by atoms with E-state index in [4.69, 9.17) is 4.74 Å². The van der Waals surface area contributed by atoms with E-state index >= 15 is 0 Å². The molecule has 1 aromatic heterocycles. The van der Waals surface area contributed by atoms with Gasteiger partial charge in [-0.3, -0.25) is 0 Å². The predicted octanol–water partition coefficient (Wildman–Crippen LogP) is 3.39. The molecule has 0 saturated heterocycles. The Hall–Kier alpha value is -1.46. The van der Waals surface area contributed by atoms with E-state index in [1.807, 2.05) is 19.2 Å². The van der Waals surface area contributed by atoms with E-state index in [9.17, 15) is 0 Å². The molecule has 2 aromatic rings. The first-order chi connectivity index (χ1) is 10.3. The number of methoxy groups -OCH3 is 1. The van der Waals surface area contributed by atoms with Crippen molar-refractivity contribution < 1.29 is 4.74 Å². The summed E-state index contributed by atoms with van der Waals surface area (Å²) in [5, 5.41) is 7.67. The van der Waals surface area contributed by atoms with Crippen LogP contribution in [-0.2, 0) is 12.8 Å². The highest BCUT2D eigenvalue weighted by molar-refractivity contribution is 7.05. The number of aromatic nitrogens is 2. The normalized spacial score (nSPS) is 12.3. The highest BCUT2D eigenvalue weighted by Gasteiger charge is 2.17. The van der Waals surface area contributed by atoms with Crippen LogP contribution in [0.4, 0.5) is 0 Å². The lowest BCUT2D eigenvalue weighted by atomic mass is 10.0. The number of nitrogens with zero attached hydrogens (tertiary/aromatic N) is 2. The highest BCUT2D eigenvalue weighted by Crippen LogP contribution is 2.25. The Labute approximate surface area is 130 Å². The maximum absolute atomic E-state index is 5.19. The molecular formula is C16H23N3OS. The molecule has 114 valence electrons. The fourth-order valence-electron chi connectivity index (χ4n) is 2.40. The fourth-order valence-corrected chi connectivity index (χ4v) is 3.24. The van der Waals surface area contributed by atoms with Crippen molar-refractivity contribution in [1.29, 1.82) is 0 Å². The second-order valence-corrected chi connectivity index (χ2v) is 5.85. The van der Waals surface area contributed by atoms with Gasteiger partial charge in [0.2, 0.25) is 0 Å². The fraction of sp³-hybridized carbons (Fsp3) is 0.500. The van der Waals surface area contributed by atoms with Gasteiger partial charge in [0, 0.05) is 6.04 Å². The number of hydrogen-bond acceptors (Lipinski definition) is 5. The Balaban J connectivity index is 1.99. The zero-order valence-corrected chi connectivity index (χ0v) is 13.7. The smallest absolute Gasteiger partial charge is 0.118 e. The van der Waals surface area contributed by atoms with Crippen LogP contribution in [0.2, 0.25) is 0 Å². The molecule has 0 aliphatic carbocycles. The Kier molecular flexibility index (Phi) is 6.14. The average molecular weight is 305 g/mol. The molecule has 0 fully saturated rings. The standard InChI is InChI=1S/C16H23N3OS/c1-4-5-15-16(21-19-18-15)14(17-2)11-8-12-6-9-13(20-3)10-7-12/h6-7,9-10,14,17H,4-5,8,11H2,1-3H3. The first-order valence-corrected chi connectivity index (χ1v) is 8.17. The van der Waals surface area contributed by atoms with Crippen LogP contribution >= 0.6 is 11.5 Å². The van der Waals surface area contributed by atoms with Crippen molar-refractivity contribution in [3.8, 4) is 5.75 Å². The molecule has 1 unspecified atom stereocenters.